The first-order chi connectivity index (χ1) is 29.6. The molecule has 0 saturated carbocycles. The number of alkyl halides is 1. The lowest BCUT2D eigenvalue weighted by Gasteiger charge is -2.34. The van der Waals surface area contributed by atoms with E-state index in [-0.39, 0.29) is 41.3 Å². The largest absolute Gasteiger partial charge is 0.415 e. The van der Waals surface area contributed by atoms with Crippen molar-refractivity contribution in [2.45, 2.75) is 38.5 Å². The number of benzene rings is 3. The number of thiophene rings is 1. The number of ether oxygens (including phenoxy) is 1. The van der Waals surface area contributed by atoms with Crippen LogP contribution in [0.1, 0.15) is 63.7 Å². The van der Waals surface area contributed by atoms with Crippen LogP contribution in [-0.2, 0) is 14.4 Å². The first-order valence-electron chi connectivity index (χ1n) is 20.3. The number of halogens is 1. The quantitative estimate of drug-likeness (QED) is 0.0688. The number of carbonyl (C=O) groups excluding carboxylic acids is 6. The minimum absolute atomic E-state index is 0.000400. The SMILES string of the molecule is Cc1csc2c(OC(=O)N3CCN(C(=O)CCCCCN4C(=O)C=CC4=O)CC3)cc3c(c12)[C@@H](CCl)CN3C(=O)c1cc2cc(NC(=O)c3cc4ccccc4[nH]3)ccc2[nH]1. The Morgan fingerprint density at radius 3 is 2.34 bits per heavy atom. The summed E-state index contributed by atoms with van der Waals surface area (Å²) in [7, 11) is 0. The minimum atomic E-state index is -0.535. The summed E-state index contributed by atoms with van der Waals surface area (Å²) in [5.74, 6) is -0.670. The van der Waals surface area contributed by atoms with Crippen LogP contribution in [0, 0.1) is 6.92 Å². The van der Waals surface area contributed by atoms with Crippen LogP contribution >= 0.6 is 22.9 Å². The van der Waals surface area contributed by atoms with Gasteiger partial charge in [-0.25, -0.2) is 4.79 Å². The second-order valence-electron chi connectivity index (χ2n) is 15.6. The van der Waals surface area contributed by atoms with E-state index in [9.17, 15) is 28.8 Å². The molecule has 3 N–H and O–H groups in total. The molecule has 3 aromatic carbocycles. The van der Waals surface area contributed by atoms with E-state index in [4.69, 9.17) is 16.3 Å². The number of amides is 6. The summed E-state index contributed by atoms with van der Waals surface area (Å²) in [6.45, 7) is 4.03. The second kappa shape index (κ2) is 16.5. The molecule has 6 heterocycles. The van der Waals surface area contributed by atoms with Crippen molar-refractivity contribution in [3.8, 4) is 5.75 Å². The van der Waals surface area contributed by atoms with Crippen molar-refractivity contribution < 1.29 is 33.5 Å². The van der Waals surface area contributed by atoms with Gasteiger partial charge in [-0.1, -0.05) is 24.6 Å². The smallest absolute Gasteiger partial charge is 0.409 e. The number of rotatable bonds is 11. The molecule has 0 bridgehead atoms. The number of para-hydroxylation sites is 1. The van der Waals surface area contributed by atoms with Crippen LogP contribution in [-0.4, -0.2) is 105 Å². The van der Waals surface area contributed by atoms with Gasteiger partial charge in [0.25, 0.3) is 23.6 Å². The number of anilines is 2. The number of aromatic amines is 2. The zero-order valence-electron chi connectivity index (χ0n) is 33.3. The molecule has 0 unspecified atom stereocenters. The lowest BCUT2D eigenvalue weighted by Crippen LogP contribution is -2.51. The zero-order chi connectivity index (χ0) is 42.4. The van der Waals surface area contributed by atoms with Crippen LogP contribution in [0.25, 0.3) is 31.9 Å². The van der Waals surface area contributed by atoms with Crippen LogP contribution in [0.5, 0.6) is 5.75 Å². The number of aryl methyl sites for hydroxylation is 1. The molecule has 3 aliphatic rings. The van der Waals surface area contributed by atoms with Crippen molar-refractivity contribution in [2.24, 2.45) is 0 Å². The van der Waals surface area contributed by atoms with E-state index in [1.165, 1.54) is 28.4 Å². The lowest BCUT2D eigenvalue weighted by molar-refractivity contribution is -0.137. The van der Waals surface area contributed by atoms with E-state index in [0.717, 1.165) is 43.0 Å². The number of piperazine rings is 1. The molecule has 1 saturated heterocycles. The number of hydrogen-bond acceptors (Lipinski definition) is 8. The molecule has 0 aliphatic carbocycles. The number of H-pyrrole nitrogens is 2. The van der Waals surface area contributed by atoms with Crippen molar-refractivity contribution in [3.63, 3.8) is 0 Å². The fraction of sp³-hybridized carbons (Fsp3) is 0.289. The van der Waals surface area contributed by atoms with Crippen molar-refractivity contribution in [1.82, 2.24) is 24.7 Å². The van der Waals surface area contributed by atoms with Crippen LogP contribution in [0.2, 0.25) is 0 Å². The van der Waals surface area contributed by atoms with Gasteiger partial charge in [0, 0.05) is 109 Å². The Morgan fingerprint density at radius 1 is 0.852 bits per heavy atom. The van der Waals surface area contributed by atoms with E-state index in [1.807, 2.05) is 48.7 Å². The summed E-state index contributed by atoms with van der Waals surface area (Å²) < 4.78 is 6.91. The van der Waals surface area contributed by atoms with Crippen LogP contribution in [0.3, 0.4) is 0 Å². The van der Waals surface area contributed by atoms with Gasteiger partial charge in [0.1, 0.15) is 11.4 Å². The first-order valence-corrected chi connectivity index (χ1v) is 21.7. The van der Waals surface area contributed by atoms with Crippen molar-refractivity contribution in [1.29, 1.82) is 0 Å². The third-order valence-corrected chi connectivity index (χ3v) is 13.2. The number of carbonyl (C=O) groups is 6. The number of nitrogens with one attached hydrogen (secondary N) is 3. The van der Waals surface area contributed by atoms with E-state index in [2.05, 4.69) is 15.3 Å². The highest BCUT2D eigenvalue weighted by molar-refractivity contribution is 7.17. The van der Waals surface area contributed by atoms with Gasteiger partial charge in [-0.05, 0) is 72.7 Å². The number of fused-ring (bicyclic) bond motifs is 5. The number of nitrogens with zero attached hydrogens (tertiary/aromatic N) is 4. The Balaban J connectivity index is 0.862. The van der Waals surface area contributed by atoms with Crippen LogP contribution in [0.15, 0.2) is 78.2 Å². The molecule has 3 aromatic heterocycles. The standard InChI is InChI=1S/C45H42ClN7O7S/c1-26-25-61-42-36(60-45(59)51-17-15-50(16-18-51)37(54)9-3-2-6-14-52-38(55)12-13-39(52)56)22-35-41(40(26)42)29(23-46)24-53(35)44(58)34-21-28-19-30(10-11-32(28)49-34)47-43(57)33-20-27-7-4-5-8-31(27)48-33/h4-5,7-8,10-13,19-22,25,29,48-49H,2-3,6,9,14-18,23-24H2,1H3,(H,47,57)/t29-/m0/s1. The van der Waals surface area contributed by atoms with Crippen LogP contribution in [0.4, 0.5) is 16.2 Å². The van der Waals surface area contributed by atoms with Gasteiger partial charge in [0.15, 0.2) is 5.75 Å². The number of unbranched alkanes of at least 4 members (excludes halogenated alkanes) is 2. The Bertz CT molecular complexity index is 2750. The Morgan fingerprint density at radius 2 is 1.57 bits per heavy atom. The van der Waals surface area contributed by atoms with Crippen molar-refractivity contribution >= 4 is 102 Å². The summed E-state index contributed by atoms with van der Waals surface area (Å²) in [6.07, 6.45) is 4.32. The summed E-state index contributed by atoms with van der Waals surface area (Å²) in [4.78, 5) is 90.3. The molecular formula is C45H42ClN7O7S. The fourth-order valence-corrected chi connectivity index (χ4v) is 9.76. The average molecular weight is 860 g/mol. The monoisotopic (exact) mass is 859 g/mol. The van der Waals surface area contributed by atoms with Gasteiger partial charge >= 0.3 is 6.09 Å². The molecule has 1 fully saturated rings. The number of hydrogen-bond donors (Lipinski definition) is 3. The maximum atomic E-state index is 14.4. The molecular weight excluding hydrogens is 818 g/mol. The molecule has 0 radical (unpaired) electrons. The van der Waals surface area contributed by atoms with Gasteiger partial charge in [0.05, 0.1) is 10.4 Å². The molecule has 312 valence electrons. The zero-order valence-corrected chi connectivity index (χ0v) is 34.9. The molecule has 0 spiro atoms. The van der Waals surface area contributed by atoms with Gasteiger partial charge in [0.2, 0.25) is 5.91 Å². The molecule has 6 amide bonds. The van der Waals surface area contributed by atoms with E-state index in [1.54, 1.807) is 39.0 Å². The number of imide groups is 1. The molecule has 16 heteroatoms. The van der Waals surface area contributed by atoms with Crippen molar-refractivity contribution in [3.05, 3.63) is 101 Å². The normalized spacial score (nSPS) is 16.4. The van der Waals surface area contributed by atoms with Gasteiger partial charge in [-0.2, -0.15) is 0 Å². The molecule has 3 aliphatic heterocycles. The maximum absolute atomic E-state index is 14.4. The molecule has 14 nitrogen and oxygen atoms in total. The average Bonchev–Trinajstić information content (AvgIpc) is 4.11. The number of aromatic nitrogens is 2. The summed E-state index contributed by atoms with van der Waals surface area (Å²) in [6, 6.07) is 18.4. The second-order valence-corrected chi connectivity index (χ2v) is 16.8. The molecule has 1 atom stereocenters. The van der Waals surface area contributed by atoms with Crippen molar-refractivity contribution in [2.75, 3.05) is 55.4 Å². The Hall–Kier alpha value is -6.45. The van der Waals surface area contributed by atoms with E-state index >= 15 is 0 Å². The molecule has 9 rings (SSSR count). The predicted molar refractivity (Wildman–Crippen MR) is 235 cm³/mol. The highest BCUT2D eigenvalue weighted by Gasteiger charge is 2.37. The first kappa shape index (κ1) is 40.0. The van der Waals surface area contributed by atoms with Crippen LogP contribution < -0.4 is 15.0 Å². The molecule has 61 heavy (non-hydrogen) atoms. The Kier molecular flexibility index (Phi) is 10.8. The fourth-order valence-electron chi connectivity index (χ4n) is 8.49. The highest BCUT2D eigenvalue weighted by atomic mass is 35.5. The molecule has 6 aromatic rings. The highest BCUT2D eigenvalue weighted by Crippen LogP contribution is 2.49. The van der Waals surface area contributed by atoms with E-state index < -0.39 is 6.09 Å². The third-order valence-electron chi connectivity index (χ3n) is 11.7. The third kappa shape index (κ3) is 7.74. The van der Waals surface area contributed by atoms with Gasteiger partial charge in [-0.15, -0.1) is 22.9 Å². The Labute approximate surface area is 359 Å². The summed E-state index contributed by atoms with van der Waals surface area (Å²) >= 11 is 8.04. The topological polar surface area (TPSA) is 168 Å². The predicted octanol–water partition coefficient (Wildman–Crippen LogP) is 7.54. The maximum Gasteiger partial charge on any atom is 0.415 e. The van der Waals surface area contributed by atoms with Gasteiger partial charge in [-0.3, -0.25) is 28.9 Å². The van der Waals surface area contributed by atoms with E-state index in [0.29, 0.717) is 93.5 Å². The summed E-state index contributed by atoms with van der Waals surface area (Å²) in [5, 5.41) is 7.57. The minimum Gasteiger partial charge on any atom is -0.409 e. The summed E-state index contributed by atoms with van der Waals surface area (Å²) in [5.41, 5.74) is 5.54. The lowest BCUT2D eigenvalue weighted by atomic mass is 9.97. The van der Waals surface area contributed by atoms with Gasteiger partial charge < -0.3 is 34.7 Å².